The zero-order chi connectivity index (χ0) is 13.1. The van der Waals surface area contributed by atoms with Gasteiger partial charge in [0.05, 0.1) is 11.3 Å². The minimum atomic E-state index is 0.585. The Morgan fingerprint density at radius 3 is 2.67 bits per heavy atom. The molecule has 3 nitrogen and oxygen atoms in total. The Morgan fingerprint density at radius 1 is 1.22 bits per heavy atom. The topological polar surface area (TPSA) is 48.7 Å². The summed E-state index contributed by atoms with van der Waals surface area (Å²) in [6.07, 6.45) is 1.72. The average molecular weight is 367 g/mol. The van der Waals surface area contributed by atoms with E-state index in [1.807, 2.05) is 25.1 Å². The summed E-state index contributed by atoms with van der Waals surface area (Å²) in [4.78, 5) is 4.30. The van der Waals surface area contributed by atoms with Crippen molar-refractivity contribution in [3.8, 4) is 6.07 Å². The average Bonchev–Trinajstić information content (AvgIpc) is 2.33. The molecule has 0 saturated carbocycles. The zero-order valence-electron chi connectivity index (χ0n) is 9.54. The van der Waals surface area contributed by atoms with E-state index in [9.17, 15) is 0 Å². The van der Waals surface area contributed by atoms with Crippen LogP contribution in [-0.4, -0.2) is 4.98 Å². The molecule has 2 aromatic rings. The molecule has 1 heterocycles. The number of anilines is 2. The second-order valence-electron chi connectivity index (χ2n) is 3.75. The van der Waals surface area contributed by atoms with E-state index in [1.54, 1.807) is 12.3 Å². The Hall–Kier alpha value is -1.38. The van der Waals surface area contributed by atoms with Crippen molar-refractivity contribution in [1.29, 1.82) is 5.26 Å². The number of aromatic nitrogens is 1. The van der Waals surface area contributed by atoms with E-state index in [0.717, 1.165) is 26.0 Å². The third kappa shape index (κ3) is 2.89. The molecule has 0 aliphatic rings. The molecule has 1 N–H and O–H groups in total. The van der Waals surface area contributed by atoms with Crippen LogP contribution in [0.4, 0.5) is 11.5 Å². The molecule has 5 heteroatoms. The number of hydrogen-bond acceptors (Lipinski definition) is 3. The number of halogens is 2. The summed E-state index contributed by atoms with van der Waals surface area (Å²) in [7, 11) is 0. The molecule has 0 saturated heterocycles. The number of pyridine rings is 1. The number of nitrogens with zero attached hydrogens (tertiary/aromatic N) is 2. The molecule has 0 fully saturated rings. The first-order valence-corrected chi connectivity index (χ1v) is 6.77. The Morgan fingerprint density at radius 2 is 2.00 bits per heavy atom. The van der Waals surface area contributed by atoms with Gasteiger partial charge in [-0.05, 0) is 52.7 Å². The fraction of sp³-hybridized carbons (Fsp3) is 0.0769. The van der Waals surface area contributed by atoms with Gasteiger partial charge in [0.2, 0.25) is 0 Å². The summed E-state index contributed by atoms with van der Waals surface area (Å²) < 4.78 is 1.85. The summed E-state index contributed by atoms with van der Waals surface area (Å²) in [6, 6.07) is 9.59. The Kier molecular flexibility index (Phi) is 4.00. The van der Waals surface area contributed by atoms with Crippen molar-refractivity contribution in [2.24, 2.45) is 0 Å². The quantitative estimate of drug-likeness (QED) is 0.849. The lowest BCUT2D eigenvalue weighted by atomic mass is 10.2. The molecule has 1 aromatic heterocycles. The highest BCUT2D eigenvalue weighted by molar-refractivity contribution is 9.10. The Labute approximate surface area is 122 Å². The molecule has 2 rings (SSSR count). The van der Waals surface area contributed by atoms with Crippen LogP contribution >= 0.6 is 31.9 Å². The zero-order valence-corrected chi connectivity index (χ0v) is 12.7. The van der Waals surface area contributed by atoms with Gasteiger partial charge in [0.25, 0.3) is 0 Å². The van der Waals surface area contributed by atoms with Crippen molar-refractivity contribution in [1.82, 2.24) is 4.98 Å². The van der Waals surface area contributed by atoms with E-state index in [1.165, 1.54) is 0 Å². The predicted octanol–water partition coefficient (Wildman–Crippen LogP) is 4.53. The maximum Gasteiger partial charge on any atom is 0.133 e. The van der Waals surface area contributed by atoms with Gasteiger partial charge in [-0.15, -0.1) is 0 Å². The first kappa shape index (κ1) is 13.1. The minimum absolute atomic E-state index is 0.585. The standard InChI is InChI=1S/C13H9Br2N3/c1-8-4-11(15)7-17-13(8)18-12-5-10(14)3-2-9(12)6-16/h2-5,7H,1H3,(H,17,18). The van der Waals surface area contributed by atoms with Crippen LogP contribution in [0.2, 0.25) is 0 Å². The molecule has 90 valence electrons. The molecule has 0 radical (unpaired) electrons. The van der Waals surface area contributed by atoms with Gasteiger partial charge >= 0.3 is 0 Å². The van der Waals surface area contributed by atoms with Gasteiger partial charge in [-0.25, -0.2) is 4.98 Å². The van der Waals surface area contributed by atoms with Crippen molar-refractivity contribution in [3.05, 3.63) is 50.5 Å². The fourth-order valence-electron chi connectivity index (χ4n) is 1.52. The molecule has 0 spiro atoms. The molecule has 0 atom stereocenters. The van der Waals surface area contributed by atoms with Gasteiger partial charge < -0.3 is 5.32 Å². The van der Waals surface area contributed by atoms with Crippen LogP contribution in [0.1, 0.15) is 11.1 Å². The van der Waals surface area contributed by atoms with Crippen LogP contribution in [0.25, 0.3) is 0 Å². The number of benzene rings is 1. The second-order valence-corrected chi connectivity index (χ2v) is 5.58. The molecule has 0 aliphatic heterocycles. The van der Waals surface area contributed by atoms with Crippen LogP contribution in [-0.2, 0) is 0 Å². The lowest BCUT2D eigenvalue weighted by Crippen LogP contribution is -1.98. The number of rotatable bonds is 2. The maximum absolute atomic E-state index is 9.07. The third-order valence-corrected chi connectivity index (χ3v) is 3.33. The lowest BCUT2D eigenvalue weighted by Gasteiger charge is -2.10. The monoisotopic (exact) mass is 365 g/mol. The Balaban J connectivity index is 2.40. The van der Waals surface area contributed by atoms with Crippen LogP contribution in [0.5, 0.6) is 0 Å². The first-order chi connectivity index (χ1) is 8.60. The van der Waals surface area contributed by atoms with E-state index in [0.29, 0.717) is 5.56 Å². The van der Waals surface area contributed by atoms with E-state index >= 15 is 0 Å². The Bertz CT molecular complexity index is 633. The summed E-state index contributed by atoms with van der Waals surface area (Å²) in [5, 5.41) is 12.2. The number of aryl methyl sites for hydroxylation is 1. The summed E-state index contributed by atoms with van der Waals surface area (Å²) >= 11 is 6.76. The highest BCUT2D eigenvalue weighted by Gasteiger charge is 2.06. The van der Waals surface area contributed by atoms with Crippen molar-refractivity contribution < 1.29 is 0 Å². The van der Waals surface area contributed by atoms with Gasteiger partial charge in [0.1, 0.15) is 11.9 Å². The highest BCUT2D eigenvalue weighted by Crippen LogP contribution is 2.26. The molecule has 0 unspecified atom stereocenters. The van der Waals surface area contributed by atoms with Crippen molar-refractivity contribution in [3.63, 3.8) is 0 Å². The van der Waals surface area contributed by atoms with Crippen LogP contribution in [0.3, 0.4) is 0 Å². The fourth-order valence-corrected chi connectivity index (χ4v) is 2.32. The van der Waals surface area contributed by atoms with E-state index < -0.39 is 0 Å². The number of nitriles is 1. The van der Waals surface area contributed by atoms with Gasteiger partial charge in [-0.2, -0.15) is 5.26 Å². The number of hydrogen-bond donors (Lipinski definition) is 1. The van der Waals surface area contributed by atoms with E-state index in [-0.39, 0.29) is 0 Å². The summed E-state index contributed by atoms with van der Waals surface area (Å²) in [5.41, 5.74) is 2.33. The highest BCUT2D eigenvalue weighted by atomic mass is 79.9. The molecule has 0 aliphatic carbocycles. The van der Waals surface area contributed by atoms with Crippen LogP contribution < -0.4 is 5.32 Å². The normalized spacial score (nSPS) is 9.89. The summed E-state index contributed by atoms with van der Waals surface area (Å²) in [5.74, 6) is 0.743. The largest absolute Gasteiger partial charge is 0.339 e. The molecule has 18 heavy (non-hydrogen) atoms. The van der Waals surface area contributed by atoms with Gasteiger partial charge in [-0.3, -0.25) is 0 Å². The molecule has 0 bridgehead atoms. The third-order valence-electron chi connectivity index (χ3n) is 2.40. The van der Waals surface area contributed by atoms with Gasteiger partial charge in [0.15, 0.2) is 0 Å². The SMILES string of the molecule is Cc1cc(Br)cnc1Nc1cc(Br)ccc1C#N. The lowest BCUT2D eigenvalue weighted by molar-refractivity contribution is 1.24. The van der Waals surface area contributed by atoms with E-state index in [4.69, 9.17) is 5.26 Å². The number of nitrogens with one attached hydrogen (secondary N) is 1. The van der Waals surface area contributed by atoms with Crippen LogP contribution in [0.15, 0.2) is 39.4 Å². The minimum Gasteiger partial charge on any atom is -0.339 e. The molecular formula is C13H9Br2N3. The van der Waals surface area contributed by atoms with Crippen molar-refractivity contribution in [2.45, 2.75) is 6.92 Å². The predicted molar refractivity (Wildman–Crippen MR) is 78.8 cm³/mol. The maximum atomic E-state index is 9.07. The smallest absolute Gasteiger partial charge is 0.133 e. The van der Waals surface area contributed by atoms with Crippen molar-refractivity contribution >= 4 is 43.4 Å². The first-order valence-electron chi connectivity index (χ1n) is 5.19. The van der Waals surface area contributed by atoms with Gasteiger partial charge in [0, 0.05) is 15.1 Å². The van der Waals surface area contributed by atoms with Gasteiger partial charge in [-0.1, -0.05) is 15.9 Å². The second kappa shape index (κ2) is 5.51. The van der Waals surface area contributed by atoms with E-state index in [2.05, 4.69) is 48.2 Å². The summed E-state index contributed by atoms with van der Waals surface area (Å²) in [6.45, 7) is 1.96. The molecule has 1 aromatic carbocycles. The molecular weight excluding hydrogens is 358 g/mol. The van der Waals surface area contributed by atoms with Crippen molar-refractivity contribution in [2.75, 3.05) is 5.32 Å². The van der Waals surface area contributed by atoms with Crippen LogP contribution in [0, 0.1) is 18.3 Å². The molecule has 0 amide bonds.